The lowest BCUT2D eigenvalue weighted by Crippen LogP contribution is -2.60. The molecule has 0 spiro atoms. The Bertz CT molecular complexity index is 1320. The molecule has 36 heavy (non-hydrogen) atoms. The number of fused-ring (bicyclic) bond motifs is 1. The van der Waals surface area contributed by atoms with Gasteiger partial charge in [-0.2, -0.15) is 5.10 Å². The number of aliphatic hydroxyl groups is 1. The number of nitrogens with one attached hydrogen (secondary N) is 1. The van der Waals surface area contributed by atoms with Crippen LogP contribution in [-0.4, -0.2) is 80.8 Å². The van der Waals surface area contributed by atoms with Gasteiger partial charge in [0.15, 0.2) is 5.15 Å². The number of aromatic nitrogens is 4. The number of benzene rings is 1. The number of nitrogens with zero attached hydrogens (tertiary/aromatic N) is 6. The molecule has 2 aliphatic heterocycles. The lowest BCUT2D eigenvalue weighted by atomic mass is 9.50. The van der Waals surface area contributed by atoms with Crippen LogP contribution in [-0.2, 0) is 10.3 Å². The Balaban J connectivity index is 1.10. The van der Waals surface area contributed by atoms with Gasteiger partial charge in [0.2, 0.25) is 5.95 Å². The number of anilines is 3. The normalized spacial score (nSPS) is 31.9. The van der Waals surface area contributed by atoms with Crippen molar-refractivity contribution in [2.24, 2.45) is 5.92 Å². The van der Waals surface area contributed by atoms with E-state index in [9.17, 15) is 5.11 Å². The van der Waals surface area contributed by atoms with Gasteiger partial charge in [0.25, 0.3) is 0 Å². The predicted octanol–water partition coefficient (Wildman–Crippen LogP) is 3.31. The molecule has 3 aromatic rings. The lowest BCUT2D eigenvalue weighted by molar-refractivity contribution is -0.0975. The van der Waals surface area contributed by atoms with Crippen LogP contribution in [0.25, 0.3) is 10.9 Å². The minimum atomic E-state index is -0.436. The second kappa shape index (κ2) is 8.02. The number of piperazine rings is 1. The van der Waals surface area contributed by atoms with Gasteiger partial charge in [-0.15, -0.1) is 0 Å². The van der Waals surface area contributed by atoms with E-state index in [1.54, 1.807) is 6.20 Å². The summed E-state index contributed by atoms with van der Waals surface area (Å²) in [4.78, 5) is 14.1. The monoisotopic (exact) mass is 509 g/mol. The van der Waals surface area contributed by atoms with Crippen molar-refractivity contribution in [3.63, 3.8) is 0 Å². The highest BCUT2D eigenvalue weighted by Gasteiger charge is 2.59. The maximum Gasteiger partial charge on any atom is 0.227 e. The van der Waals surface area contributed by atoms with E-state index in [2.05, 4.69) is 51.2 Å². The molecule has 1 aromatic carbocycles. The van der Waals surface area contributed by atoms with Gasteiger partial charge in [-0.3, -0.25) is 4.90 Å². The zero-order chi connectivity index (χ0) is 24.7. The van der Waals surface area contributed by atoms with E-state index >= 15 is 0 Å². The van der Waals surface area contributed by atoms with Crippen LogP contribution in [0.4, 0.5) is 17.3 Å². The third kappa shape index (κ3) is 3.36. The Labute approximate surface area is 215 Å². The third-order valence-electron chi connectivity index (χ3n) is 9.04. The maximum absolute atomic E-state index is 10.4. The molecule has 190 valence electrons. The van der Waals surface area contributed by atoms with E-state index in [0.717, 1.165) is 48.7 Å². The molecule has 2 unspecified atom stereocenters. The molecule has 2 aromatic heterocycles. The number of hydrogen-bond acceptors (Lipinski definition) is 8. The molecular formula is C26H32ClN7O2. The summed E-state index contributed by atoms with van der Waals surface area (Å²) < 4.78 is 7.54. The van der Waals surface area contributed by atoms with Crippen LogP contribution in [0.3, 0.4) is 0 Å². The first-order valence-corrected chi connectivity index (χ1v) is 13.3. The van der Waals surface area contributed by atoms with Gasteiger partial charge in [-0.1, -0.05) is 11.6 Å². The van der Waals surface area contributed by atoms with Crippen LogP contribution in [0.2, 0.25) is 5.15 Å². The number of hydrogen-bond donors (Lipinski definition) is 2. The Morgan fingerprint density at radius 2 is 1.92 bits per heavy atom. The molecule has 3 aliphatic carbocycles. The average Bonchev–Trinajstić information content (AvgIpc) is 3.34. The molecule has 5 aliphatic rings. The van der Waals surface area contributed by atoms with Crippen LogP contribution >= 0.6 is 11.6 Å². The van der Waals surface area contributed by atoms with Crippen LogP contribution in [0.15, 0.2) is 24.5 Å². The highest BCUT2D eigenvalue weighted by molar-refractivity contribution is 6.32. The van der Waals surface area contributed by atoms with Crippen molar-refractivity contribution in [3.8, 4) is 0 Å². The van der Waals surface area contributed by atoms with Crippen molar-refractivity contribution >= 4 is 39.8 Å². The quantitative estimate of drug-likeness (QED) is 0.541. The van der Waals surface area contributed by atoms with Crippen LogP contribution in [0.1, 0.15) is 31.7 Å². The van der Waals surface area contributed by atoms with Gasteiger partial charge in [-0.25, -0.2) is 14.6 Å². The predicted molar refractivity (Wildman–Crippen MR) is 139 cm³/mol. The smallest absolute Gasteiger partial charge is 0.227 e. The maximum atomic E-state index is 10.4. The van der Waals surface area contributed by atoms with Crippen LogP contribution < -0.4 is 10.2 Å². The Hall–Kier alpha value is -2.46. The minimum absolute atomic E-state index is 0.142. The van der Waals surface area contributed by atoms with Crippen LogP contribution in [0, 0.1) is 12.8 Å². The van der Waals surface area contributed by atoms with Gasteiger partial charge in [0, 0.05) is 43.4 Å². The van der Waals surface area contributed by atoms with Gasteiger partial charge in [-0.05, 0) is 56.7 Å². The molecule has 2 atom stereocenters. The molecule has 3 saturated carbocycles. The van der Waals surface area contributed by atoms with Gasteiger partial charge in [0.1, 0.15) is 0 Å². The molecule has 0 radical (unpaired) electrons. The summed E-state index contributed by atoms with van der Waals surface area (Å²) in [7, 11) is 0. The third-order valence-corrected chi connectivity index (χ3v) is 9.40. The van der Waals surface area contributed by atoms with Crippen molar-refractivity contribution in [2.45, 2.75) is 50.3 Å². The average molecular weight is 510 g/mol. The van der Waals surface area contributed by atoms with Gasteiger partial charge < -0.3 is 20.1 Å². The second-order valence-corrected chi connectivity index (χ2v) is 11.7. The molecule has 2 saturated heterocycles. The molecule has 2 N–H and O–H groups in total. The molecule has 9 nitrogen and oxygen atoms in total. The molecule has 10 heteroatoms. The number of ether oxygens (including phenoxy) is 1. The van der Waals surface area contributed by atoms with E-state index < -0.39 is 6.10 Å². The number of aliphatic hydroxyl groups excluding tert-OH is 1. The summed E-state index contributed by atoms with van der Waals surface area (Å²) in [6, 6.07) is 4.32. The van der Waals surface area contributed by atoms with E-state index in [1.807, 2.05) is 10.9 Å². The molecule has 0 amide bonds. The fourth-order valence-corrected chi connectivity index (χ4v) is 6.88. The second-order valence-electron chi connectivity index (χ2n) is 11.3. The van der Waals surface area contributed by atoms with Gasteiger partial charge >= 0.3 is 0 Å². The highest BCUT2D eigenvalue weighted by atomic mass is 35.5. The number of rotatable bonds is 5. The molecule has 5 fully saturated rings. The van der Waals surface area contributed by atoms with Crippen molar-refractivity contribution in [1.82, 2.24) is 24.6 Å². The first kappa shape index (κ1) is 22.7. The molecule has 4 heterocycles. The number of halogens is 1. The Morgan fingerprint density at radius 1 is 1.14 bits per heavy atom. The summed E-state index contributed by atoms with van der Waals surface area (Å²) in [6.07, 6.45) is 6.76. The molecular weight excluding hydrogens is 478 g/mol. The van der Waals surface area contributed by atoms with Crippen molar-refractivity contribution in [2.75, 3.05) is 49.6 Å². The van der Waals surface area contributed by atoms with E-state index in [0.29, 0.717) is 24.3 Å². The highest BCUT2D eigenvalue weighted by Crippen LogP contribution is 2.63. The Kier molecular flexibility index (Phi) is 5.06. The zero-order valence-corrected chi connectivity index (χ0v) is 21.5. The van der Waals surface area contributed by atoms with E-state index in [4.69, 9.17) is 21.3 Å². The van der Waals surface area contributed by atoms with Crippen molar-refractivity contribution < 1.29 is 9.84 Å². The molecule has 8 rings (SSSR count). The van der Waals surface area contributed by atoms with Gasteiger partial charge in [0.05, 0.1) is 47.8 Å². The Morgan fingerprint density at radius 3 is 2.58 bits per heavy atom. The van der Waals surface area contributed by atoms with Crippen molar-refractivity contribution in [3.05, 3.63) is 35.2 Å². The summed E-state index contributed by atoms with van der Waals surface area (Å²) in [6.45, 7) is 8.81. The topological polar surface area (TPSA) is 91.6 Å². The minimum Gasteiger partial charge on any atom is -0.389 e. The summed E-state index contributed by atoms with van der Waals surface area (Å²) in [5.74, 6) is 1.38. The fraction of sp³-hybridized carbons (Fsp3) is 0.577. The van der Waals surface area contributed by atoms with Crippen LogP contribution in [0.5, 0.6) is 0 Å². The van der Waals surface area contributed by atoms with E-state index in [-0.39, 0.29) is 11.1 Å². The summed E-state index contributed by atoms with van der Waals surface area (Å²) in [5, 5.41) is 19.9. The first-order valence-electron chi connectivity index (χ1n) is 12.9. The standard InChI is InChI=1S/C26H32ClN7O2/c1-16-7-18-12-28-24(31-20-13-29-34(23(20)27)26-9-17(10-26)11-26)30-19(18)8-21(16)32-3-5-33(6-4-32)25(2)15-36-14-22(25)35/h7-8,12-13,17,22,35H,3-6,9-11,14-15H2,1-2H3,(H,28,30,31). The van der Waals surface area contributed by atoms with Crippen molar-refractivity contribution in [1.29, 1.82) is 0 Å². The van der Waals surface area contributed by atoms with E-state index in [1.165, 1.54) is 30.5 Å². The number of aryl methyl sites for hydroxylation is 1. The molecule has 2 bridgehead atoms. The fourth-order valence-electron chi connectivity index (χ4n) is 6.56. The largest absolute Gasteiger partial charge is 0.389 e. The SMILES string of the molecule is Cc1cc2cnc(Nc3cnn(C45CC(C4)C5)c3Cl)nc2cc1N1CCN(C2(C)COCC2O)CC1. The lowest BCUT2D eigenvalue weighted by Gasteiger charge is -2.61. The summed E-state index contributed by atoms with van der Waals surface area (Å²) in [5.41, 5.74) is 3.88. The first-order chi connectivity index (χ1) is 17.3. The zero-order valence-electron chi connectivity index (χ0n) is 20.7. The summed E-state index contributed by atoms with van der Waals surface area (Å²) >= 11 is 6.69.